The largest absolute Gasteiger partial charge is 0.322 e. The summed E-state index contributed by atoms with van der Waals surface area (Å²) >= 11 is 0. The minimum Gasteiger partial charge on any atom is -0.322 e. The number of nitrogens with one attached hydrogen (secondary N) is 1. The summed E-state index contributed by atoms with van der Waals surface area (Å²) in [4.78, 5) is 27.1. The van der Waals surface area contributed by atoms with Gasteiger partial charge in [-0.25, -0.2) is 8.42 Å². The number of aromatic nitrogens is 1. The fourth-order valence-corrected chi connectivity index (χ4v) is 5.59. The van der Waals surface area contributed by atoms with Gasteiger partial charge < -0.3 is 5.32 Å². The summed E-state index contributed by atoms with van der Waals surface area (Å²) < 4.78 is 28.3. The molecule has 0 unspecified atom stereocenters. The van der Waals surface area contributed by atoms with Crippen LogP contribution in [0.5, 0.6) is 0 Å². The molecule has 3 aromatic rings. The van der Waals surface area contributed by atoms with Gasteiger partial charge in [-0.2, -0.15) is 4.31 Å². The van der Waals surface area contributed by atoms with E-state index in [1.165, 1.54) is 52.8 Å². The molecule has 0 bridgehead atoms. The molecule has 2 heterocycles. The molecule has 1 aliphatic rings. The number of amides is 1. The second-order valence-corrected chi connectivity index (χ2v) is 9.59. The summed E-state index contributed by atoms with van der Waals surface area (Å²) in [6.07, 6.45) is 5.81. The quantitative estimate of drug-likeness (QED) is 0.430. The standard InChI is InChI=1S/C23H22N4O5S/c28-23(17-5-3-7-20(15-17)27(29)30)25-19-9-11-21(12-10-19)33(31,32)26-14-2-1-8-22(26)18-6-4-13-24-16-18/h3-7,9-13,15-16,22H,1-2,8,14H2,(H,25,28)/t22-/m1/s1. The lowest BCUT2D eigenvalue weighted by Crippen LogP contribution is -2.38. The number of nitro groups is 1. The molecular formula is C23H22N4O5S. The van der Waals surface area contributed by atoms with Crippen molar-refractivity contribution in [3.63, 3.8) is 0 Å². The topological polar surface area (TPSA) is 123 Å². The van der Waals surface area contributed by atoms with E-state index in [9.17, 15) is 23.3 Å². The van der Waals surface area contributed by atoms with Crippen LogP contribution in [0.25, 0.3) is 0 Å². The lowest BCUT2D eigenvalue weighted by Gasteiger charge is -2.34. The number of nitrogens with zero attached hydrogens (tertiary/aromatic N) is 3. The molecule has 1 N–H and O–H groups in total. The maximum atomic E-state index is 13.4. The first-order chi connectivity index (χ1) is 15.9. The molecule has 9 nitrogen and oxygen atoms in total. The van der Waals surface area contributed by atoms with Crippen molar-refractivity contribution in [3.05, 3.63) is 94.3 Å². The van der Waals surface area contributed by atoms with Crippen LogP contribution in [0.3, 0.4) is 0 Å². The predicted molar refractivity (Wildman–Crippen MR) is 122 cm³/mol. The first-order valence-electron chi connectivity index (χ1n) is 10.4. The zero-order valence-electron chi connectivity index (χ0n) is 17.6. The van der Waals surface area contributed by atoms with Crippen LogP contribution in [0.15, 0.2) is 78.0 Å². The van der Waals surface area contributed by atoms with Crippen molar-refractivity contribution in [2.45, 2.75) is 30.2 Å². The maximum absolute atomic E-state index is 13.4. The molecule has 0 saturated carbocycles. The Kier molecular flexibility index (Phi) is 6.47. The highest BCUT2D eigenvalue weighted by molar-refractivity contribution is 7.89. The summed E-state index contributed by atoms with van der Waals surface area (Å²) in [7, 11) is -3.75. The van der Waals surface area contributed by atoms with Gasteiger partial charge in [0.1, 0.15) is 0 Å². The maximum Gasteiger partial charge on any atom is 0.270 e. The lowest BCUT2D eigenvalue weighted by molar-refractivity contribution is -0.384. The monoisotopic (exact) mass is 466 g/mol. The van der Waals surface area contributed by atoms with Gasteiger partial charge in [0.25, 0.3) is 11.6 Å². The Bertz CT molecular complexity index is 1260. The zero-order valence-corrected chi connectivity index (χ0v) is 18.4. The van der Waals surface area contributed by atoms with Crippen molar-refractivity contribution >= 4 is 27.3 Å². The lowest BCUT2D eigenvalue weighted by atomic mass is 9.99. The number of rotatable bonds is 6. The van der Waals surface area contributed by atoms with E-state index >= 15 is 0 Å². The summed E-state index contributed by atoms with van der Waals surface area (Å²) in [6, 6.07) is 14.7. The number of sulfonamides is 1. The summed E-state index contributed by atoms with van der Waals surface area (Å²) in [5.41, 5.74) is 1.19. The smallest absolute Gasteiger partial charge is 0.270 e. The number of nitro benzene ring substituents is 1. The van der Waals surface area contributed by atoms with Gasteiger partial charge in [0.05, 0.1) is 15.9 Å². The van der Waals surface area contributed by atoms with Crippen LogP contribution in [-0.4, -0.2) is 35.1 Å². The molecule has 0 radical (unpaired) electrons. The normalized spacial score (nSPS) is 16.8. The Balaban J connectivity index is 1.52. The van der Waals surface area contributed by atoms with Gasteiger partial charge in [-0.3, -0.25) is 19.9 Å². The number of non-ortho nitro benzene ring substituents is 1. The highest BCUT2D eigenvalue weighted by Gasteiger charge is 2.34. The van der Waals surface area contributed by atoms with Crippen molar-refractivity contribution in [3.8, 4) is 0 Å². The minimum atomic E-state index is -3.75. The molecule has 4 rings (SSSR count). The van der Waals surface area contributed by atoms with E-state index in [4.69, 9.17) is 0 Å². The van der Waals surface area contributed by atoms with E-state index in [2.05, 4.69) is 10.3 Å². The molecule has 1 fully saturated rings. The van der Waals surface area contributed by atoms with E-state index in [1.807, 2.05) is 6.07 Å². The molecule has 10 heteroatoms. The average molecular weight is 467 g/mol. The van der Waals surface area contributed by atoms with Crippen LogP contribution in [0.4, 0.5) is 11.4 Å². The van der Waals surface area contributed by atoms with Gasteiger partial charge in [0, 0.05) is 42.3 Å². The summed E-state index contributed by atoms with van der Waals surface area (Å²) in [6.45, 7) is 0.424. The fraction of sp³-hybridized carbons (Fsp3) is 0.217. The van der Waals surface area contributed by atoms with Crippen LogP contribution >= 0.6 is 0 Å². The Morgan fingerprint density at radius 3 is 2.58 bits per heavy atom. The number of carbonyl (C=O) groups excluding carboxylic acids is 1. The van der Waals surface area contributed by atoms with Crippen LogP contribution < -0.4 is 5.32 Å². The second-order valence-electron chi connectivity index (χ2n) is 7.70. The van der Waals surface area contributed by atoms with Gasteiger partial charge in [0.15, 0.2) is 0 Å². The Labute approximate surface area is 191 Å². The van der Waals surface area contributed by atoms with Crippen LogP contribution in [-0.2, 0) is 10.0 Å². The Hall–Kier alpha value is -3.63. The third kappa shape index (κ3) is 4.91. The number of hydrogen-bond donors (Lipinski definition) is 1. The molecule has 0 spiro atoms. The first-order valence-corrected chi connectivity index (χ1v) is 11.9. The fourth-order valence-electron chi connectivity index (χ4n) is 3.91. The van der Waals surface area contributed by atoms with Crippen molar-refractivity contribution < 1.29 is 18.1 Å². The molecule has 1 aromatic heterocycles. The van der Waals surface area contributed by atoms with E-state index in [1.54, 1.807) is 18.5 Å². The van der Waals surface area contributed by atoms with Crippen molar-refractivity contribution in [1.29, 1.82) is 0 Å². The highest BCUT2D eigenvalue weighted by atomic mass is 32.2. The number of pyridine rings is 1. The SMILES string of the molecule is O=C(Nc1ccc(S(=O)(=O)N2CCCC[C@@H]2c2cccnc2)cc1)c1cccc([N+](=O)[O-])c1. The van der Waals surface area contributed by atoms with Gasteiger partial charge in [-0.15, -0.1) is 0 Å². The Morgan fingerprint density at radius 2 is 1.88 bits per heavy atom. The molecule has 1 amide bonds. The zero-order chi connectivity index (χ0) is 23.4. The van der Waals surface area contributed by atoms with Gasteiger partial charge >= 0.3 is 0 Å². The number of carbonyl (C=O) groups is 1. The van der Waals surface area contributed by atoms with Crippen LogP contribution in [0.1, 0.15) is 41.2 Å². The molecule has 1 saturated heterocycles. The summed E-state index contributed by atoms with van der Waals surface area (Å²) in [5.74, 6) is -0.526. The predicted octanol–water partition coefficient (Wildman–Crippen LogP) is 4.16. The number of anilines is 1. The molecule has 0 aliphatic carbocycles. The molecule has 33 heavy (non-hydrogen) atoms. The van der Waals surface area contributed by atoms with E-state index in [0.29, 0.717) is 12.2 Å². The van der Waals surface area contributed by atoms with E-state index < -0.39 is 20.9 Å². The summed E-state index contributed by atoms with van der Waals surface area (Å²) in [5, 5.41) is 13.6. The molecule has 1 aliphatic heterocycles. The van der Waals surface area contributed by atoms with Crippen molar-refractivity contribution in [1.82, 2.24) is 9.29 Å². The third-order valence-corrected chi connectivity index (χ3v) is 7.48. The van der Waals surface area contributed by atoms with Gasteiger partial charge in [-0.05, 0) is 54.8 Å². The van der Waals surface area contributed by atoms with E-state index in [-0.39, 0.29) is 22.2 Å². The number of piperidine rings is 1. The minimum absolute atomic E-state index is 0.131. The van der Waals surface area contributed by atoms with Crippen LogP contribution in [0.2, 0.25) is 0 Å². The van der Waals surface area contributed by atoms with Crippen molar-refractivity contribution in [2.75, 3.05) is 11.9 Å². The van der Waals surface area contributed by atoms with Crippen molar-refractivity contribution in [2.24, 2.45) is 0 Å². The third-order valence-electron chi connectivity index (χ3n) is 5.56. The Morgan fingerprint density at radius 1 is 1.09 bits per heavy atom. The molecule has 2 aromatic carbocycles. The second kappa shape index (κ2) is 9.47. The molecule has 170 valence electrons. The van der Waals surface area contributed by atoms with Gasteiger partial charge in [-0.1, -0.05) is 18.6 Å². The molecule has 1 atom stereocenters. The average Bonchev–Trinajstić information content (AvgIpc) is 2.85. The highest BCUT2D eigenvalue weighted by Crippen LogP contribution is 2.35. The first kappa shape index (κ1) is 22.6. The van der Waals surface area contributed by atoms with E-state index in [0.717, 1.165) is 24.8 Å². The number of hydrogen-bond acceptors (Lipinski definition) is 6. The van der Waals surface area contributed by atoms with Crippen LogP contribution in [0, 0.1) is 10.1 Å². The molecular weight excluding hydrogens is 444 g/mol. The number of benzene rings is 2. The van der Waals surface area contributed by atoms with Gasteiger partial charge in [0.2, 0.25) is 10.0 Å².